The van der Waals surface area contributed by atoms with E-state index < -0.39 is 57.9 Å². The highest BCUT2D eigenvalue weighted by atomic mass is 19.4. The zero-order valence-corrected chi connectivity index (χ0v) is 16.0. The van der Waals surface area contributed by atoms with Crippen LogP contribution in [0, 0.1) is 21.3 Å². The molecular weight excluding hydrogens is 438 g/mol. The van der Waals surface area contributed by atoms with Gasteiger partial charge in [-0.1, -0.05) is 12.1 Å². The normalized spacial score (nSPS) is 11.6. The van der Waals surface area contributed by atoms with Crippen molar-refractivity contribution in [1.29, 1.82) is 5.41 Å². The first-order valence-corrected chi connectivity index (χ1v) is 8.64. The van der Waals surface area contributed by atoms with Gasteiger partial charge in [-0.3, -0.25) is 25.1 Å². The Morgan fingerprint density at radius 1 is 1.19 bits per heavy atom. The molecule has 0 atom stereocenters. The lowest BCUT2D eigenvalue weighted by Crippen LogP contribution is -2.34. The number of nitrogens with one attached hydrogen (secondary N) is 3. The van der Waals surface area contributed by atoms with E-state index in [-0.39, 0.29) is 11.3 Å². The van der Waals surface area contributed by atoms with Gasteiger partial charge in [0.25, 0.3) is 17.5 Å². The minimum atomic E-state index is -4.85. The minimum Gasteiger partial charge on any atom is -0.397 e. The number of carbonyl (C=O) groups is 2. The number of para-hydroxylation sites is 1. The number of hydrogen-bond donors (Lipinski definition) is 4. The number of anilines is 1. The average molecular weight is 453 g/mol. The van der Waals surface area contributed by atoms with E-state index in [0.717, 1.165) is 12.1 Å². The number of non-ortho nitro benzene ring substituents is 1. The van der Waals surface area contributed by atoms with Gasteiger partial charge in [0, 0.05) is 24.8 Å². The van der Waals surface area contributed by atoms with Gasteiger partial charge in [0.1, 0.15) is 11.5 Å². The van der Waals surface area contributed by atoms with Crippen LogP contribution in [0.2, 0.25) is 0 Å². The molecule has 9 nitrogen and oxygen atoms in total. The molecule has 0 saturated carbocycles. The van der Waals surface area contributed by atoms with Gasteiger partial charge in [0.05, 0.1) is 21.9 Å². The molecule has 0 heterocycles. The fourth-order valence-electron chi connectivity index (χ4n) is 2.39. The molecule has 0 bridgehead atoms. The summed E-state index contributed by atoms with van der Waals surface area (Å²) >= 11 is 0. The lowest BCUT2D eigenvalue weighted by Gasteiger charge is -2.11. The SMILES string of the molecule is N=C(C(=O)NCc1cc([N+](=O)[O-])cc(C(F)(F)F)c1)/C(N)=C\C(=O)Nc1ccccc1F. The molecule has 0 saturated heterocycles. The van der Waals surface area contributed by atoms with Crippen molar-refractivity contribution < 1.29 is 32.1 Å². The largest absolute Gasteiger partial charge is 0.416 e. The van der Waals surface area contributed by atoms with Crippen molar-refractivity contribution in [2.45, 2.75) is 12.7 Å². The summed E-state index contributed by atoms with van der Waals surface area (Å²) in [6, 6.07) is 7.01. The number of nitro groups is 1. The molecule has 0 fully saturated rings. The third kappa shape index (κ3) is 6.35. The van der Waals surface area contributed by atoms with Gasteiger partial charge in [-0.15, -0.1) is 0 Å². The first kappa shape index (κ1) is 24.0. The molecule has 0 unspecified atom stereocenters. The molecule has 2 rings (SSSR count). The van der Waals surface area contributed by atoms with Crippen LogP contribution in [-0.2, 0) is 22.3 Å². The smallest absolute Gasteiger partial charge is 0.397 e. The summed E-state index contributed by atoms with van der Waals surface area (Å²) < 4.78 is 52.3. The fourth-order valence-corrected chi connectivity index (χ4v) is 2.39. The van der Waals surface area contributed by atoms with Gasteiger partial charge in [-0.25, -0.2) is 4.39 Å². The van der Waals surface area contributed by atoms with Crippen molar-refractivity contribution in [2.75, 3.05) is 5.32 Å². The molecule has 5 N–H and O–H groups in total. The van der Waals surface area contributed by atoms with E-state index in [2.05, 4.69) is 10.6 Å². The second kappa shape index (κ2) is 9.68. The first-order chi connectivity index (χ1) is 14.9. The van der Waals surface area contributed by atoms with Gasteiger partial charge >= 0.3 is 6.18 Å². The van der Waals surface area contributed by atoms with Crippen LogP contribution in [0.25, 0.3) is 0 Å². The van der Waals surface area contributed by atoms with Crippen LogP contribution in [0.4, 0.5) is 28.9 Å². The van der Waals surface area contributed by atoms with Gasteiger partial charge in [-0.2, -0.15) is 13.2 Å². The lowest BCUT2D eigenvalue weighted by atomic mass is 10.1. The van der Waals surface area contributed by atoms with Crippen LogP contribution in [0.15, 0.2) is 54.2 Å². The summed E-state index contributed by atoms with van der Waals surface area (Å²) in [5, 5.41) is 22.8. The number of alkyl halides is 3. The number of carbonyl (C=O) groups excluding carboxylic acids is 2. The fraction of sp³-hybridized carbons (Fsp3) is 0.105. The summed E-state index contributed by atoms with van der Waals surface area (Å²) in [5.74, 6) is -2.81. The summed E-state index contributed by atoms with van der Waals surface area (Å²) in [4.78, 5) is 33.8. The summed E-state index contributed by atoms with van der Waals surface area (Å²) in [6.07, 6.45) is -4.19. The predicted octanol–water partition coefficient (Wildman–Crippen LogP) is 2.87. The van der Waals surface area contributed by atoms with Crippen molar-refractivity contribution in [3.05, 3.63) is 81.3 Å². The Hall–Kier alpha value is -4.29. The second-order valence-electron chi connectivity index (χ2n) is 6.27. The van der Waals surface area contributed by atoms with E-state index in [1.54, 1.807) is 0 Å². The molecule has 0 aliphatic rings. The van der Waals surface area contributed by atoms with Crippen molar-refractivity contribution in [1.82, 2.24) is 5.32 Å². The van der Waals surface area contributed by atoms with Crippen molar-refractivity contribution in [2.24, 2.45) is 5.73 Å². The maximum atomic E-state index is 13.5. The van der Waals surface area contributed by atoms with Crippen molar-refractivity contribution in [3.8, 4) is 0 Å². The van der Waals surface area contributed by atoms with E-state index >= 15 is 0 Å². The highest BCUT2D eigenvalue weighted by Gasteiger charge is 2.32. The number of nitrogens with two attached hydrogens (primary N) is 1. The molecule has 2 aromatic carbocycles. The Morgan fingerprint density at radius 2 is 1.84 bits per heavy atom. The lowest BCUT2D eigenvalue weighted by molar-refractivity contribution is -0.385. The maximum absolute atomic E-state index is 13.5. The van der Waals surface area contributed by atoms with Crippen LogP contribution >= 0.6 is 0 Å². The van der Waals surface area contributed by atoms with Crippen LogP contribution in [-0.4, -0.2) is 22.4 Å². The third-order valence-electron chi connectivity index (χ3n) is 3.90. The Labute approximate surface area is 177 Å². The van der Waals surface area contributed by atoms with Crippen LogP contribution in [0.3, 0.4) is 0 Å². The zero-order chi connectivity index (χ0) is 24.1. The van der Waals surface area contributed by atoms with Crippen LogP contribution < -0.4 is 16.4 Å². The van der Waals surface area contributed by atoms with Crippen molar-refractivity contribution in [3.63, 3.8) is 0 Å². The number of halogens is 4. The van der Waals surface area contributed by atoms with Crippen molar-refractivity contribution >= 4 is 28.9 Å². The van der Waals surface area contributed by atoms with Gasteiger partial charge in [0.15, 0.2) is 0 Å². The number of benzene rings is 2. The Balaban J connectivity index is 2.07. The summed E-state index contributed by atoms with van der Waals surface area (Å²) in [5.41, 5.74) is 1.49. The van der Waals surface area contributed by atoms with Gasteiger partial charge in [0.2, 0.25) is 0 Å². The molecule has 0 radical (unpaired) electrons. The van der Waals surface area contributed by atoms with E-state index in [9.17, 15) is 37.3 Å². The molecule has 2 aromatic rings. The van der Waals surface area contributed by atoms with E-state index in [1.165, 1.54) is 18.2 Å². The zero-order valence-electron chi connectivity index (χ0n) is 16.0. The number of hydrogen-bond acceptors (Lipinski definition) is 6. The molecule has 0 aliphatic carbocycles. The van der Waals surface area contributed by atoms with Gasteiger partial charge in [-0.05, 0) is 23.8 Å². The number of nitrogens with zero attached hydrogens (tertiary/aromatic N) is 1. The summed E-state index contributed by atoms with van der Waals surface area (Å²) in [7, 11) is 0. The molecule has 168 valence electrons. The van der Waals surface area contributed by atoms with Crippen LogP contribution in [0.5, 0.6) is 0 Å². The number of amides is 2. The monoisotopic (exact) mass is 453 g/mol. The number of rotatable bonds is 7. The van der Waals surface area contributed by atoms with E-state index in [4.69, 9.17) is 11.1 Å². The minimum absolute atomic E-state index is 0.163. The molecular formula is C19H15F4N5O4. The molecule has 2 amide bonds. The topological polar surface area (TPSA) is 151 Å². The molecule has 0 aliphatic heterocycles. The Morgan fingerprint density at radius 3 is 2.44 bits per heavy atom. The van der Waals surface area contributed by atoms with E-state index in [1.807, 2.05) is 0 Å². The van der Waals surface area contributed by atoms with Gasteiger partial charge < -0.3 is 16.4 Å². The Bertz CT molecular complexity index is 1120. The first-order valence-electron chi connectivity index (χ1n) is 8.64. The molecule has 13 heteroatoms. The maximum Gasteiger partial charge on any atom is 0.416 e. The Kier molecular flexibility index (Phi) is 7.25. The highest BCUT2D eigenvalue weighted by Crippen LogP contribution is 2.32. The standard InChI is InChI=1S/C19H15F4N5O4/c20-13-3-1-2-4-15(13)27-16(29)8-14(24)17(25)18(30)26-9-10-5-11(19(21,22)23)7-12(6-10)28(31)32/h1-8,25H,9,24H2,(H,26,30)(H,27,29)/b14-8+,25-17?. The molecule has 32 heavy (non-hydrogen) atoms. The molecule has 0 aromatic heterocycles. The van der Waals surface area contributed by atoms with E-state index in [0.29, 0.717) is 18.2 Å². The third-order valence-corrected chi connectivity index (χ3v) is 3.90. The quantitative estimate of drug-likeness (QED) is 0.167. The number of nitro benzene ring substituents is 1. The predicted molar refractivity (Wildman–Crippen MR) is 105 cm³/mol. The average Bonchev–Trinajstić information content (AvgIpc) is 2.72. The van der Waals surface area contributed by atoms with Crippen LogP contribution in [0.1, 0.15) is 11.1 Å². The summed E-state index contributed by atoms with van der Waals surface area (Å²) in [6.45, 7) is -0.583. The second-order valence-corrected chi connectivity index (χ2v) is 6.27. The molecule has 0 spiro atoms. The highest BCUT2D eigenvalue weighted by molar-refractivity contribution is 6.44.